The van der Waals surface area contributed by atoms with Crippen LogP contribution >= 0.6 is 0 Å². The Hall–Kier alpha value is -2.08. The predicted octanol–water partition coefficient (Wildman–Crippen LogP) is 4.40. The van der Waals surface area contributed by atoms with E-state index in [1.165, 1.54) is 18.4 Å². The van der Waals surface area contributed by atoms with Crippen LogP contribution in [0.5, 0.6) is 0 Å². The number of unbranched alkanes of at least 4 members (excludes halogenated alkanes) is 3. The van der Waals surface area contributed by atoms with Gasteiger partial charge in [0.1, 0.15) is 5.82 Å². The Labute approximate surface area is 126 Å². The molecule has 0 bridgehead atoms. The van der Waals surface area contributed by atoms with Crippen molar-refractivity contribution in [2.45, 2.75) is 51.9 Å². The molecular weight excluding hydrogens is 258 g/mol. The summed E-state index contributed by atoms with van der Waals surface area (Å²) in [6, 6.07) is 10.7. The lowest BCUT2D eigenvalue weighted by atomic mass is 10.0. The first-order valence-corrected chi connectivity index (χ1v) is 7.79. The number of hydrogen-bond acceptors (Lipinski definition) is 3. The van der Waals surface area contributed by atoms with Crippen LogP contribution < -0.4 is 5.73 Å². The summed E-state index contributed by atoms with van der Waals surface area (Å²) in [7, 11) is 0. The van der Waals surface area contributed by atoms with Crippen molar-refractivity contribution < 1.29 is 0 Å². The maximum absolute atomic E-state index is 8.61. The van der Waals surface area contributed by atoms with Gasteiger partial charge in [-0.25, -0.2) is 4.98 Å². The van der Waals surface area contributed by atoms with Gasteiger partial charge in [-0.2, -0.15) is 5.26 Å². The summed E-state index contributed by atoms with van der Waals surface area (Å²) < 4.78 is 0. The Morgan fingerprint density at radius 1 is 1.14 bits per heavy atom. The first kappa shape index (κ1) is 15.3. The molecule has 0 spiro atoms. The molecule has 2 aromatic rings. The molecule has 2 rings (SSSR count). The molecule has 0 aliphatic heterocycles. The zero-order valence-electron chi connectivity index (χ0n) is 12.7. The van der Waals surface area contributed by atoms with E-state index >= 15 is 0 Å². The van der Waals surface area contributed by atoms with Crippen molar-refractivity contribution in [3.63, 3.8) is 0 Å². The molecule has 0 saturated carbocycles. The Bertz CT molecular complexity index is 641. The Morgan fingerprint density at radius 3 is 2.76 bits per heavy atom. The second-order valence-corrected chi connectivity index (χ2v) is 5.53. The first-order chi connectivity index (χ1) is 10.2. The van der Waals surface area contributed by atoms with E-state index in [1.54, 1.807) is 0 Å². The second kappa shape index (κ2) is 7.64. The summed E-state index contributed by atoms with van der Waals surface area (Å²) in [5.41, 5.74) is 9.44. The number of aromatic nitrogens is 1. The van der Waals surface area contributed by atoms with Crippen LogP contribution in [0.25, 0.3) is 10.9 Å². The molecule has 3 nitrogen and oxygen atoms in total. The highest BCUT2D eigenvalue weighted by molar-refractivity contribution is 5.82. The lowest BCUT2D eigenvalue weighted by Crippen LogP contribution is -1.99. The smallest absolute Gasteiger partial charge is 0.127 e. The van der Waals surface area contributed by atoms with Crippen LogP contribution in [0.15, 0.2) is 24.3 Å². The lowest BCUT2D eigenvalue weighted by molar-refractivity contribution is 0.718. The standard InChI is InChI=1S/C18H23N3/c1-2-3-4-8-15-13-16-12-14(7-5-6-11-19)9-10-17(16)21-18(15)20/h9-10,12-13H,2-8H2,1H3,(H2,20,21). The summed E-state index contributed by atoms with van der Waals surface area (Å²) in [6.45, 7) is 2.20. The van der Waals surface area contributed by atoms with E-state index in [0.717, 1.165) is 42.1 Å². The van der Waals surface area contributed by atoms with Crippen molar-refractivity contribution in [3.8, 4) is 6.07 Å². The summed E-state index contributed by atoms with van der Waals surface area (Å²) in [6.07, 6.45) is 7.07. The number of nitrogens with zero attached hydrogens (tertiary/aromatic N) is 2. The van der Waals surface area contributed by atoms with Gasteiger partial charge in [0, 0.05) is 11.8 Å². The predicted molar refractivity (Wildman–Crippen MR) is 87.9 cm³/mol. The SMILES string of the molecule is CCCCCc1cc2cc(CCCC#N)ccc2nc1N. The van der Waals surface area contributed by atoms with Gasteiger partial charge in [-0.3, -0.25) is 0 Å². The van der Waals surface area contributed by atoms with Crippen molar-refractivity contribution in [1.29, 1.82) is 5.26 Å². The van der Waals surface area contributed by atoms with Gasteiger partial charge in [0.15, 0.2) is 0 Å². The maximum Gasteiger partial charge on any atom is 0.127 e. The van der Waals surface area contributed by atoms with Crippen LogP contribution in [0.3, 0.4) is 0 Å². The van der Waals surface area contributed by atoms with E-state index in [2.05, 4.69) is 36.2 Å². The van der Waals surface area contributed by atoms with Crippen LogP contribution in [0, 0.1) is 11.3 Å². The molecule has 0 fully saturated rings. The normalized spacial score (nSPS) is 10.7. The zero-order chi connectivity index (χ0) is 15.1. The van der Waals surface area contributed by atoms with Crippen molar-refractivity contribution >= 4 is 16.7 Å². The summed E-state index contributed by atoms with van der Waals surface area (Å²) in [4.78, 5) is 4.52. The molecule has 0 atom stereocenters. The molecule has 0 radical (unpaired) electrons. The third-order valence-electron chi connectivity index (χ3n) is 3.80. The molecule has 0 aliphatic carbocycles. The van der Waals surface area contributed by atoms with Gasteiger partial charge in [0.25, 0.3) is 0 Å². The van der Waals surface area contributed by atoms with E-state index in [-0.39, 0.29) is 0 Å². The van der Waals surface area contributed by atoms with Gasteiger partial charge in [-0.05, 0) is 55.0 Å². The van der Waals surface area contributed by atoms with Crippen molar-refractivity contribution in [2.75, 3.05) is 5.73 Å². The number of nitrogen functional groups attached to an aromatic ring is 1. The van der Waals surface area contributed by atoms with E-state index in [9.17, 15) is 0 Å². The molecule has 0 unspecified atom stereocenters. The number of fused-ring (bicyclic) bond motifs is 1. The monoisotopic (exact) mass is 281 g/mol. The molecule has 0 aliphatic rings. The van der Waals surface area contributed by atoms with Gasteiger partial charge in [0.05, 0.1) is 11.6 Å². The first-order valence-electron chi connectivity index (χ1n) is 7.79. The molecule has 1 heterocycles. The molecule has 0 amide bonds. The minimum absolute atomic E-state index is 0.611. The number of nitriles is 1. The van der Waals surface area contributed by atoms with Crippen molar-refractivity contribution in [3.05, 3.63) is 35.4 Å². The Balaban J connectivity index is 2.19. The van der Waals surface area contributed by atoms with E-state index in [0.29, 0.717) is 12.2 Å². The summed E-state index contributed by atoms with van der Waals surface area (Å²) in [5, 5.41) is 9.77. The topological polar surface area (TPSA) is 62.7 Å². The Morgan fingerprint density at radius 2 is 2.00 bits per heavy atom. The van der Waals surface area contributed by atoms with Gasteiger partial charge < -0.3 is 5.73 Å². The summed E-state index contributed by atoms with van der Waals surface area (Å²) in [5.74, 6) is 0.663. The average Bonchev–Trinajstić information content (AvgIpc) is 2.48. The molecule has 3 heteroatoms. The molecule has 21 heavy (non-hydrogen) atoms. The lowest BCUT2D eigenvalue weighted by Gasteiger charge is -2.08. The number of rotatable bonds is 7. The van der Waals surface area contributed by atoms with Crippen LogP contribution in [-0.2, 0) is 12.8 Å². The summed E-state index contributed by atoms with van der Waals surface area (Å²) >= 11 is 0. The fraction of sp³-hybridized carbons (Fsp3) is 0.444. The number of benzene rings is 1. The van der Waals surface area contributed by atoms with Gasteiger partial charge in [0.2, 0.25) is 0 Å². The van der Waals surface area contributed by atoms with Gasteiger partial charge in [-0.15, -0.1) is 0 Å². The highest BCUT2D eigenvalue weighted by atomic mass is 14.8. The Kier molecular flexibility index (Phi) is 5.57. The number of nitrogens with two attached hydrogens (primary N) is 1. The highest BCUT2D eigenvalue weighted by Gasteiger charge is 2.05. The zero-order valence-corrected chi connectivity index (χ0v) is 12.7. The fourth-order valence-electron chi connectivity index (χ4n) is 2.58. The molecular formula is C18H23N3. The third kappa shape index (κ3) is 4.19. The molecule has 0 saturated heterocycles. The molecule has 110 valence electrons. The molecule has 1 aromatic heterocycles. The minimum Gasteiger partial charge on any atom is -0.383 e. The van der Waals surface area contributed by atoms with Gasteiger partial charge in [-0.1, -0.05) is 25.8 Å². The van der Waals surface area contributed by atoms with Crippen LogP contribution in [0.2, 0.25) is 0 Å². The van der Waals surface area contributed by atoms with Crippen LogP contribution in [0.4, 0.5) is 5.82 Å². The number of aryl methyl sites for hydroxylation is 2. The molecule has 1 aromatic carbocycles. The largest absolute Gasteiger partial charge is 0.383 e. The molecule has 2 N–H and O–H groups in total. The number of pyridine rings is 1. The average molecular weight is 281 g/mol. The van der Waals surface area contributed by atoms with Crippen LogP contribution in [0.1, 0.15) is 50.2 Å². The van der Waals surface area contributed by atoms with Crippen LogP contribution in [-0.4, -0.2) is 4.98 Å². The maximum atomic E-state index is 8.61. The van der Waals surface area contributed by atoms with E-state index in [1.807, 2.05) is 6.07 Å². The third-order valence-corrected chi connectivity index (χ3v) is 3.80. The number of hydrogen-bond donors (Lipinski definition) is 1. The number of anilines is 1. The van der Waals surface area contributed by atoms with E-state index < -0.39 is 0 Å². The second-order valence-electron chi connectivity index (χ2n) is 5.53. The van der Waals surface area contributed by atoms with E-state index in [4.69, 9.17) is 11.0 Å². The van der Waals surface area contributed by atoms with Crippen molar-refractivity contribution in [2.24, 2.45) is 0 Å². The quantitative estimate of drug-likeness (QED) is 0.765. The van der Waals surface area contributed by atoms with Crippen molar-refractivity contribution in [1.82, 2.24) is 4.98 Å². The highest BCUT2D eigenvalue weighted by Crippen LogP contribution is 2.22. The fourth-order valence-corrected chi connectivity index (χ4v) is 2.58. The minimum atomic E-state index is 0.611. The van der Waals surface area contributed by atoms with Gasteiger partial charge >= 0.3 is 0 Å².